The number of aromatic nitrogens is 4. The zero-order valence-corrected chi connectivity index (χ0v) is 17.6. The van der Waals surface area contributed by atoms with E-state index >= 15 is 0 Å². The van der Waals surface area contributed by atoms with E-state index in [1.807, 2.05) is 30.5 Å². The third-order valence-electron chi connectivity index (χ3n) is 5.92. The Morgan fingerprint density at radius 3 is 2.73 bits per heavy atom. The summed E-state index contributed by atoms with van der Waals surface area (Å²) in [5.74, 6) is 1.20. The molecule has 4 rings (SSSR count). The predicted octanol–water partition coefficient (Wildman–Crippen LogP) is 3.25. The second-order valence-electron chi connectivity index (χ2n) is 7.99. The van der Waals surface area contributed by atoms with Crippen LogP contribution in [0.15, 0.2) is 28.8 Å². The molecule has 8 heteroatoms. The van der Waals surface area contributed by atoms with E-state index in [1.54, 1.807) is 12.1 Å². The molecule has 3 aromatic rings. The van der Waals surface area contributed by atoms with Crippen molar-refractivity contribution in [1.82, 2.24) is 24.8 Å². The van der Waals surface area contributed by atoms with E-state index in [1.165, 1.54) is 17.7 Å². The number of hydrogen-bond donors (Lipinski definition) is 0. The molecule has 1 aromatic carbocycles. The summed E-state index contributed by atoms with van der Waals surface area (Å²) in [7, 11) is 1.93. The molecule has 30 heavy (non-hydrogen) atoms. The number of carbonyl (C=O) groups excluding carboxylic acids is 1. The second kappa shape index (κ2) is 8.38. The Balaban J connectivity index is 1.30. The van der Waals surface area contributed by atoms with Gasteiger partial charge in [-0.05, 0) is 62.4 Å². The Hall–Kier alpha value is -3.03. The van der Waals surface area contributed by atoms with Crippen LogP contribution in [0.4, 0.5) is 4.39 Å². The van der Waals surface area contributed by atoms with Gasteiger partial charge in [0, 0.05) is 44.2 Å². The van der Waals surface area contributed by atoms with Gasteiger partial charge in [-0.2, -0.15) is 10.1 Å². The van der Waals surface area contributed by atoms with Crippen molar-refractivity contribution in [2.75, 3.05) is 13.1 Å². The smallest absolute Gasteiger partial charge is 0.257 e. The minimum absolute atomic E-state index is 0.181. The van der Waals surface area contributed by atoms with Crippen molar-refractivity contribution in [3.05, 3.63) is 52.9 Å². The van der Waals surface area contributed by atoms with Gasteiger partial charge < -0.3 is 9.42 Å². The fourth-order valence-electron chi connectivity index (χ4n) is 4.10. The van der Waals surface area contributed by atoms with Crippen molar-refractivity contribution < 1.29 is 13.7 Å². The molecule has 0 bridgehead atoms. The summed E-state index contributed by atoms with van der Waals surface area (Å²) in [4.78, 5) is 19.0. The van der Waals surface area contributed by atoms with Gasteiger partial charge in [0.25, 0.3) is 5.89 Å². The number of halogens is 1. The van der Waals surface area contributed by atoms with Crippen LogP contribution in [0.1, 0.15) is 35.6 Å². The van der Waals surface area contributed by atoms with Gasteiger partial charge in [-0.25, -0.2) is 4.39 Å². The maximum Gasteiger partial charge on any atom is 0.257 e. The molecule has 1 unspecified atom stereocenters. The molecule has 1 aliphatic heterocycles. The largest absolute Gasteiger partial charge is 0.342 e. The molecule has 1 fully saturated rings. The van der Waals surface area contributed by atoms with Gasteiger partial charge in [0.1, 0.15) is 5.82 Å². The van der Waals surface area contributed by atoms with Crippen molar-refractivity contribution in [3.8, 4) is 11.5 Å². The topological polar surface area (TPSA) is 77.0 Å². The van der Waals surface area contributed by atoms with Gasteiger partial charge in [0.05, 0.1) is 5.69 Å². The lowest BCUT2D eigenvalue weighted by atomic mass is 10.0. The molecule has 3 heterocycles. The fourth-order valence-corrected chi connectivity index (χ4v) is 4.10. The number of amides is 1. The standard InChI is InChI=1S/C22H26FN5O2/c1-14-19(15(2)27(3)25-14)8-9-21(29)28-11-10-16(13-28)12-20-24-22(30-26-20)17-4-6-18(23)7-5-17/h4-7,16H,8-13H2,1-3H3. The predicted molar refractivity (Wildman–Crippen MR) is 109 cm³/mol. The van der Waals surface area contributed by atoms with Crippen LogP contribution in [0.2, 0.25) is 0 Å². The van der Waals surface area contributed by atoms with Crippen molar-refractivity contribution >= 4 is 5.91 Å². The van der Waals surface area contributed by atoms with Crippen LogP contribution in [0.25, 0.3) is 11.5 Å². The lowest BCUT2D eigenvalue weighted by Gasteiger charge is -2.16. The van der Waals surface area contributed by atoms with Gasteiger partial charge >= 0.3 is 0 Å². The first kappa shape index (κ1) is 20.3. The summed E-state index contributed by atoms with van der Waals surface area (Å²) < 4.78 is 20.3. The number of carbonyl (C=O) groups is 1. The highest BCUT2D eigenvalue weighted by atomic mass is 19.1. The first-order valence-electron chi connectivity index (χ1n) is 10.3. The van der Waals surface area contributed by atoms with E-state index in [0.29, 0.717) is 42.6 Å². The van der Waals surface area contributed by atoms with Crippen LogP contribution in [0.5, 0.6) is 0 Å². The summed E-state index contributed by atoms with van der Waals surface area (Å²) in [5, 5.41) is 8.48. The summed E-state index contributed by atoms with van der Waals surface area (Å²) in [6.07, 6.45) is 2.81. The van der Waals surface area contributed by atoms with Crippen LogP contribution in [-0.2, 0) is 24.7 Å². The first-order chi connectivity index (χ1) is 14.4. The highest BCUT2D eigenvalue weighted by Crippen LogP contribution is 2.23. The summed E-state index contributed by atoms with van der Waals surface area (Å²) >= 11 is 0. The van der Waals surface area contributed by atoms with Gasteiger partial charge in [-0.15, -0.1) is 0 Å². The first-order valence-corrected chi connectivity index (χ1v) is 10.3. The molecule has 1 aliphatic rings. The van der Waals surface area contributed by atoms with Crippen LogP contribution in [0, 0.1) is 25.6 Å². The molecule has 0 N–H and O–H groups in total. The molecule has 158 valence electrons. The number of likely N-dealkylation sites (tertiary alicyclic amines) is 1. The average molecular weight is 411 g/mol. The molecular weight excluding hydrogens is 385 g/mol. The number of rotatable bonds is 6. The Labute approximate surface area is 174 Å². The Kier molecular flexibility index (Phi) is 5.65. The minimum atomic E-state index is -0.303. The van der Waals surface area contributed by atoms with Gasteiger partial charge in [0.2, 0.25) is 5.91 Å². The van der Waals surface area contributed by atoms with E-state index in [9.17, 15) is 9.18 Å². The maximum absolute atomic E-state index is 13.1. The molecule has 0 saturated carbocycles. The second-order valence-corrected chi connectivity index (χ2v) is 7.99. The summed E-state index contributed by atoms with van der Waals surface area (Å²) in [6, 6.07) is 5.98. The lowest BCUT2D eigenvalue weighted by molar-refractivity contribution is -0.130. The van der Waals surface area contributed by atoms with Crippen LogP contribution < -0.4 is 0 Å². The van der Waals surface area contributed by atoms with E-state index in [0.717, 1.165) is 30.8 Å². The Bertz CT molecular complexity index is 1040. The number of aryl methyl sites for hydroxylation is 2. The third kappa shape index (κ3) is 4.27. The molecule has 0 spiro atoms. The number of benzene rings is 1. The van der Waals surface area contributed by atoms with E-state index in [2.05, 4.69) is 15.2 Å². The van der Waals surface area contributed by atoms with Crippen molar-refractivity contribution in [3.63, 3.8) is 0 Å². The quantitative estimate of drug-likeness (QED) is 0.622. The lowest BCUT2D eigenvalue weighted by Crippen LogP contribution is -2.29. The third-order valence-corrected chi connectivity index (χ3v) is 5.92. The van der Waals surface area contributed by atoms with Crippen LogP contribution in [-0.4, -0.2) is 43.8 Å². The minimum Gasteiger partial charge on any atom is -0.342 e. The number of hydrogen-bond acceptors (Lipinski definition) is 5. The van der Waals surface area contributed by atoms with Crippen LogP contribution >= 0.6 is 0 Å². The highest BCUT2D eigenvalue weighted by molar-refractivity contribution is 5.76. The SMILES string of the molecule is Cc1nn(C)c(C)c1CCC(=O)N1CCC(Cc2noc(-c3ccc(F)cc3)n2)C1. The molecule has 0 aliphatic carbocycles. The van der Waals surface area contributed by atoms with E-state index in [-0.39, 0.29) is 11.7 Å². The van der Waals surface area contributed by atoms with E-state index in [4.69, 9.17) is 4.52 Å². The van der Waals surface area contributed by atoms with Crippen molar-refractivity contribution in [2.45, 2.75) is 39.5 Å². The highest BCUT2D eigenvalue weighted by Gasteiger charge is 2.28. The molecule has 1 amide bonds. The maximum atomic E-state index is 13.1. The number of nitrogens with zero attached hydrogens (tertiary/aromatic N) is 5. The zero-order chi connectivity index (χ0) is 21.3. The summed E-state index contributed by atoms with van der Waals surface area (Å²) in [5.41, 5.74) is 3.98. The molecular formula is C22H26FN5O2. The molecule has 2 aromatic heterocycles. The Morgan fingerprint density at radius 1 is 1.27 bits per heavy atom. The molecule has 0 radical (unpaired) electrons. The van der Waals surface area contributed by atoms with Gasteiger partial charge in [0.15, 0.2) is 5.82 Å². The van der Waals surface area contributed by atoms with Gasteiger partial charge in [-0.1, -0.05) is 5.16 Å². The molecule has 7 nitrogen and oxygen atoms in total. The van der Waals surface area contributed by atoms with Crippen molar-refractivity contribution in [2.24, 2.45) is 13.0 Å². The van der Waals surface area contributed by atoms with Gasteiger partial charge in [-0.3, -0.25) is 9.48 Å². The molecule has 1 saturated heterocycles. The van der Waals surface area contributed by atoms with Crippen molar-refractivity contribution in [1.29, 1.82) is 0 Å². The zero-order valence-electron chi connectivity index (χ0n) is 17.6. The fraction of sp³-hybridized carbons (Fsp3) is 0.455. The molecule has 1 atom stereocenters. The van der Waals surface area contributed by atoms with E-state index < -0.39 is 0 Å². The normalized spacial score (nSPS) is 16.4. The van der Waals surface area contributed by atoms with Crippen LogP contribution in [0.3, 0.4) is 0 Å². The monoisotopic (exact) mass is 411 g/mol. The average Bonchev–Trinajstić information content (AvgIpc) is 3.43. The summed E-state index contributed by atoms with van der Waals surface area (Å²) in [6.45, 7) is 5.50. The Morgan fingerprint density at radius 2 is 2.03 bits per heavy atom.